The normalized spacial score (nSPS) is 10.1. The fourth-order valence-electron chi connectivity index (χ4n) is 3.62. The van der Waals surface area contributed by atoms with Gasteiger partial charge in [0.1, 0.15) is 0 Å². The van der Waals surface area contributed by atoms with Gasteiger partial charge in [0.25, 0.3) is 0 Å². The molecule has 0 unspecified atom stereocenters. The van der Waals surface area contributed by atoms with Crippen molar-refractivity contribution in [3.05, 3.63) is 25.3 Å². The molecular weight excluding hydrogens is 396 g/mol. The highest BCUT2D eigenvalue weighted by Crippen LogP contribution is 2.13. The van der Waals surface area contributed by atoms with Crippen LogP contribution in [0.15, 0.2) is 25.3 Å². The Bertz CT molecular complexity index is 445. The molecule has 0 aliphatic heterocycles. The third kappa shape index (κ3) is 24.7. The minimum atomic E-state index is -0.0500. The van der Waals surface area contributed by atoms with E-state index in [4.69, 9.17) is 0 Å². The first kappa shape index (κ1) is 32.6. The van der Waals surface area contributed by atoms with E-state index in [1.165, 1.54) is 108 Å². The highest BCUT2D eigenvalue weighted by molar-refractivity contribution is 5.87. The van der Waals surface area contributed by atoms with Gasteiger partial charge in [-0.05, 0) is 32.4 Å². The molecule has 0 aliphatic rings. The third-order valence-electron chi connectivity index (χ3n) is 5.76. The molecule has 0 radical (unpaired) electrons. The number of likely N-dealkylation sites (N-methyl/N-ethyl adjacent to an activating group) is 1. The molecule has 0 aromatic rings. The van der Waals surface area contributed by atoms with Crippen LogP contribution in [0.25, 0.3) is 0 Å². The van der Waals surface area contributed by atoms with Crippen LogP contribution >= 0.6 is 0 Å². The quantitative estimate of drug-likeness (QED) is 0.145. The van der Waals surface area contributed by atoms with Crippen LogP contribution in [0, 0.1) is 0 Å². The van der Waals surface area contributed by atoms with Crippen molar-refractivity contribution in [3.63, 3.8) is 0 Å². The molecule has 4 heteroatoms. The zero-order chi connectivity index (χ0) is 24.3. The van der Waals surface area contributed by atoms with E-state index < -0.39 is 0 Å². The average molecular weight is 451 g/mol. The van der Waals surface area contributed by atoms with Crippen LogP contribution in [0.1, 0.15) is 124 Å². The number of carbonyl (C=O) groups excluding carboxylic acids is 2. The van der Waals surface area contributed by atoms with Crippen molar-refractivity contribution in [2.24, 2.45) is 0 Å². The number of hydrogen-bond acceptors (Lipinski definition) is 2. The number of nitrogens with one attached hydrogen (secondary N) is 1. The highest BCUT2D eigenvalue weighted by Gasteiger charge is 2.02. The second-order valence-electron chi connectivity index (χ2n) is 8.51. The maximum Gasteiger partial charge on any atom is 0.245 e. The molecule has 0 spiro atoms. The Hall–Kier alpha value is -1.58. The summed E-state index contributed by atoms with van der Waals surface area (Å²) in [5, 5.41) is 2.82. The molecule has 0 aliphatic carbocycles. The lowest BCUT2D eigenvalue weighted by molar-refractivity contribution is -0.125. The molecule has 0 saturated carbocycles. The van der Waals surface area contributed by atoms with Gasteiger partial charge in [-0.3, -0.25) is 9.59 Å². The monoisotopic (exact) mass is 450 g/mol. The second-order valence-corrected chi connectivity index (χ2v) is 8.51. The fourth-order valence-corrected chi connectivity index (χ4v) is 3.62. The molecule has 2 amide bonds. The van der Waals surface area contributed by atoms with Gasteiger partial charge in [0.2, 0.25) is 11.8 Å². The van der Waals surface area contributed by atoms with Crippen molar-refractivity contribution < 1.29 is 9.59 Å². The van der Waals surface area contributed by atoms with Crippen LogP contribution in [-0.2, 0) is 9.59 Å². The summed E-state index contributed by atoms with van der Waals surface area (Å²) < 4.78 is 0. The predicted octanol–water partition coefficient (Wildman–Crippen LogP) is 7.59. The Morgan fingerprint density at radius 3 is 1.28 bits per heavy atom. The zero-order valence-electron chi connectivity index (χ0n) is 21.8. The Morgan fingerprint density at radius 1 is 0.625 bits per heavy atom. The van der Waals surface area contributed by atoms with Crippen molar-refractivity contribution in [1.29, 1.82) is 0 Å². The number of hydrogen-bond donors (Lipinski definition) is 1. The van der Waals surface area contributed by atoms with Gasteiger partial charge in [0, 0.05) is 19.6 Å². The average Bonchev–Trinajstić information content (AvgIpc) is 2.81. The van der Waals surface area contributed by atoms with Gasteiger partial charge < -0.3 is 10.2 Å². The van der Waals surface area contributed by atoms with Crippen LogP contribution < -0.4 is 5.32 Å². The molecule has 0 aromatic carbocycles. The highest BCUT2D eigenvalue weighted by atomic mass is 16.2. The molecule has 0 rings (SSSR count). The van der Waals surface area contributed by atoms with E-state index in [1.54, 1.807) is 4.90 Å². The maximum absolute atomic E-state index is 10.9. The van der Waals surface area contributed by atoms with Gasteiger partial charge in [-0.25, -0.2) is 0 Å². The first-order valence-electron chi connectivity index (χ1n) is 13.4. The third-order valence-corrected chi connectivity index (χ3v) is 5.76. The molecule has 0 bridgehead atoms. The van der Waals surface area contributed by atoms with Crippen LogP contribution in [0.2, 0.25) is 0 Å². The minimum absolute atomic E-state index is 0.0139. The van der Waals surface area contributed by atoms with Crippen molar-refractivity contribution in [3.8, 4) is 0 Å². The molecule has 0 atom stereocenters. The lowest BCUT2D eigenvalue weighted by Gasteiger charge is -2.15. The molecular formula is C28H54N2O2. The van der Waals surface area contributed by atoms with E-state index in [0.717, 1.165) is 26.1 Å². The number of rotatable bonds is 21. The zero-order valence-corrected chi connectivity index (χ0v) is 21.8. The lowest BCUT2D eigenvalue weighted by atomic mass is 10.0. The summed E-state index contributed by atoms with van der Waals surface area (Å²) in [5.41, 5.74) is 0. The summed E-state index contributed by atoms with van der Waals surface area (Å²) in [6, 6.07) is 0. The summed E-state index contributed by atoms with van der Waals surface area (Å²) in [5.74, 6) is -0.0361. The molecule has 1 N–H and O–H groups in total. The van der Waals surface area contributed by atoms with Gasteiger partial charge in [0.05, 0.1) is 0 Å². The standard InChI is InChI=1S/C21H41NO.C7H13NO/c1-3-5-6-7-8-9-10-11-12-13-14-15-16-17-18-19-20-22-21(23)4-2;1-4-7(9)8(5-2)6-3/h4H,2-3,5-20H2,1H3,(H,22,23);4H,1,5-6H2,2-3H3. The largest absolute Gasteiger partial charge is 0.353 e. The molecule has 0 aromatic heterocycles. The van der Waals surface area contributed by atoms with Crippen molar-refractivity contribution in [1.82, 2.24) is 10.2 Å². The van der Waals surface area contributed by atoms with E-state index in [1.807, 2.05) is 13.8 Å². The second kappa shape index (κ2) is 27.5. The summed E-state index contributed by atoms with van der Waals surface area (Å²) in [7, 11) is 0. The van der Waals surface area contributed by atoms with Gasteiger partial charge in [-0.2, -0.15) is 0 Å². The molecule has 188 valence electrons. The first-order chi connectivity index (χ1) is 15.6. The Balaban J connectivity index is 0. The smallest absolute Gasteiger partial charge is 0.245 e. The number of amides is 2. The van der Waals surface area contributed by atoms with Gasteiger partial charge in [-0.15, -0.1) is 0 Å². The van der Waals surface area contributed by atoms with E-state index >= 15 is 0 Å². The Morgan fingerprint density at radius 2 is 1.00 bits per heavy atom. The van der Waals surface area contributed by atoms with Crippen molar-refractivity contribution in [2.45, 2.75) is 124 Å². The maximum atomic E-state index is 10.9. The Labute approximate surface area is 200 Å². The molecule has 0 heterocycles. The SMILES string of the molecule is C=CC(=O)N(CC)CC.C=CC(=O)NCCCCCCCCCCCCCCCCCC. The van der Waals surface area contributed by atoms with Crippen LogP contribution in [0.3, 0.4) is 0 Å². The number of nitrogens with zero attached hydrogens (tertiary/aromatic N) is 1. The lowest BCUT2D eigenvalue weighted by Crippen LogP contribution is -2.28. The van der Waals surface area contributed by atoms with Crippen molar-refractivity contribution in [2.75, 3.05) is 19.6 Å². The summed E-state index contributed by atoms with van der Waals surface area (Å²) >= 11 is 0. The van der Waals surface area contributed by atoms with Crippen LogP contribution in [0.4, 0.5) is 0 Å². The van der Waals surface area contributed by atoms with Crippen LogP contribution in [0.5, 0.6) is 0 Å². The van der Waals surface area contributed by atoms with Crippen LogP contribution in [-0.4, -0.2) is 36.3 Å². The predicted molar refractivity (Wildman–Crippen MR) is 141 cm³/mol. The minimum Gasteiger partial charge on any atom is -0.353 e. The van der Waals surface area contributed by atoms with Gasteiger partial charge in [0.15, 0.2) is 0 Å². The molecule has 0 saturated heterocycles. The van der Waals surface area contributed by atoms with E-state index in [-0.39, 0.29) is 11.8 Å². The van der Waals surface area contributed by atoms with E-state index in [9.17, 15) is 9.59 Å². The Kier molecular flexibility index (Phi) is 28.0. The summed E-state index contributed by atoms with van der Waals surface area (Å²) in [6.45, 7) is 15.3. The fraction of sp³-hybridized carbons (Fsp3) is 0.786. The summed E-state index contributed by atoms with van der Waals surface area (Å²) in [4.78, 5) is 23.4. The first-order valence-corrected chi connectivity index (χ1v) is 13.4. The van der Waals surface area contributed by atoms with Gasteiger partial charge in [-0.1, -0.05) is 116 Å². The van der Waals surface area contributed by atoms with E-state index in [0.29, 0.717) is 0 Å². The molecule has 4 nitrogen and oxygen atoms in total. The number of unbranched alkanes of at least 4 members (excludes halogenated alkanes) is 15. The molecule has 0 fully saturated rings. The van der Waals surface area contributed by atoms with E-state index in [2.05, 4.69) is 25.4 Å². The topological polar surface area (TPSA) is 49.4 Å². The molecule has 32 heavy (non-hydrogen) atoms. The number of carbonyl (C=O) groups is 2. The summed E-state index contributed by atoms with van der Waals surface area (Å²) in [6.07, 6.45) is 24.8. The van der Waals surface area contributed by atoms with Gasteiger partial charge >= 0.3 is 0 Å². The van der Waals surface area contributed by atoms with Crippen molar-refractivity contribution >= 4 is 11.8 Å².